The highest BCUT2D eigenvalue weighted by Crippen LogP contribution is 2.32. The van der Waals surface area contributed by atoms with E-state index in [-0.39, 0.29) is 18.4 Å². The van der Waals surface area contributed by atoms with E-state index in [4.69, 9.17) is 9.15 Å². The zero-order valence-corrected chi connectivity index (χ0v) is 16.5. The van der Waals surface area contributed by atoms with Gasteiger partial charge >= 0.3 is 12.1 Å². The first-order chi connectivity index (χ1) is 14.3. The average molecular weight is 418 g/mol. The Morgan fingerprint density at radius 1 is 1.17 bits per heavy atom. The van der Waals surface area contributed by atoms with Gasteiger partial charge in [0.15, 0.2) is 5.76 Å². The third kappa shape index (κ3) is 5.20. The van der Waals surface area contributed by atoms with E-state index in [1.54, 1.807) is 6.92 Å². The Morgan fingerprint density at radius 2 is 1.90 bits per heavy atom. The number of benzene rings is 2. The zero-order chi connectivity index (χ0) is 21.7. The van der Waals surface area contributed by atoms with Crippen LogP contribution in [0.1, 0.15) is 30.0 Å². The highest BCUT2D eigenvalue weighted by molar-refractivity contribution is 5.70. The second kappa shape index (κ2) is 9.02. The van der Waals surface area contributed by atoms with Crippen LogP contribution in [0.3, 0.4) is 0 Å². The molecular formula is C22H21F3N2O3. The number of nitrogens with zero attached hydrogens (tertiary/aromatic N) is 1. The van der Waals surface area contributed by atoms with Crippen LogP contribution in [0.2, 0.25) is 0 Å². The molecule has 30 heavy (non-hydrogen) atoms. The molecule has 1 heterocycles. The molecule has 158 valence electrons. The van der Waals surface area contributed by atoms with Crippen molar-refractivity contribution in [2.75, 3.05) is 11.9 Å². The molecule has 5 nitrogen and oxygen atoms in total. The second-order valence-electron chi connectivity index (χ2n) is 6.62. The standard InChI is InChI=1S/C22H21F3N2O3/c1-3-29-20(28)12-9-15-5-4-6-18(14(15)2)27-21-26-13-19(30-21)16-7-10-17(11-8-16)22(23,24)25/h4-8,10-11,13H,3,9,12H2,1-2H3,(H,26,27). The van der Waals surface area contributed by atoms with Crippen molar-refractivity contribution in [3.8, 4) is 11.3 Å². The van der Waals surface area contributed by atoms with E-state index in [2.05, 4.69) is 10.3 Å². The minimum absolute atomic E-state index is 0.218. The number of nitrogens with one attached hydrogen (secondary N) is 1. The number of anilines is 2. The summed E-state index contributed by atoms with van der Waals surface area (Å²) in [5.41, 5.74) is 2.46. The molecule has 2 aromatic carbocycles. The van der Waals surface area contributed by atoms with Crippen molar-refractivity contribution in [2.45, 2.75) is 32.9 Å². The summed E-state index contributed by atoms with van der Waals surface area (Å²) in [5, 5.41) is 3.08. The van der Waals surface area contributed by atoms with Crippen molar-refractivity contribution in [3.63, 3.8) is 0 Å². The van der Waals surface area contributed by atoms with Crippen LogP contribution >= 0.6 is 0 Å². The summed E-state index contributed by atoms with van der Waals surface area (Å²) in [5.74, 6) is 0.103. The third-order valence-electron chi connectivity index (χ3n) is 4.59. The summed E-state index contributed by atoms with van der Waals surface area (Å²) in [7, 11) is 0. The van der Waals surface area contributed by atoms with E-state index in [0.29, 0.717) is 24.4 Å². The fourth-order valence-corrected chi connectivity index (χ4v) is 2.96. The lowest BCUT2D eigenvalue weighted by Crippen LogP contribution is -2.06. The van der Waals surface area contributed by atoms with E-state index in [1.807, 2.05) is 25.1 Å². The number of carbonyl (C=O) groups excluding carboxylic acids is 1. The molecule has 0 aliphatic heterocycles. The molecule has 0 fully saturated rings. The van der Waals surface area contributed by atoms with E-state index in [9.17, 15) is 18.0 Å². The topological polar surface area (TPSA) is 64.4 Å². The molecule has 0 unspecified atom stereocenters. The number of hydrogen-bond acceptors (Lipinski definition) is 5. The molecule has 0 aliphatic carbocycles. The second-order valence-corrected chi connectivity index (χ2v) is 6.62. The Morgan fingerprint density at radius 3 is 2.57 bits per heavy atom. The van der Waals surface area contributed by atoms with Crippen molar-refractivity contribution < 1.29 is 27.1 Å². The average Bonchev–Trinajstić information content (AvgIpc) is 3.17. The Kier molecular flexibility index (Phi) is 6.44. The van der Waals surface area contributed by atoms with Crippen molar-refractivity contribution in [2.24, 2.45) is 0 Å². The van der Waals surface area contributed by atoms with Gasteiger partial charge in [0, 0.05) is 17.7 Å². The Labute approximate surface area is 171 Å². The minimum atomic E-state index is -4.39. The van der Waals surface area contributed by atoms with Crippen LogP contribution in [0.25, 0.3) is 11.3 Å². The largest absolute Gasteiger partial charge is 0.466 e. The Bertz CT molecular complexity index is 1010. The highest BCUT2D eigenvalue weighted by atomic mass is 19.4. The summed E-state index contributed by atoms with van der Waals surface area (Å²) in [4.78, 5) is 15.7. The fraction of sp³-hybridized carbons (Fsp3) is 0.273. The molecule has 0 saturated heterocycles. The number of aryl methyl sites for hydroxylation is 1. The van der Waals surface area contributed by atoms with Crippen molar-refractivity contribution in [3.05, 3.63) is 65.4 Å². The monoisotopic (exact) mass is 418 g/mol. The van der Waals surface area contributed by atoms with Crippen LogP contribution in [-0.2, 0) is 22.1 Å². The van der Waals surface area contributed by atoms with Gasteiger partial charge in [-0.1, -0.05) is 24.3 Å². The maximum absolute atomic E-state index is 12.7. The molecule has 0 spiro atoms. The molecule has 1 N–H and O–H groups in total. The summed E-state index contributed by atoms with van der Waals surface area (Å²) in [6.07, 6.45) is -2.11. The molecule has 0 saturated carbocycles. The SMILES string of the molecule is CCOC(=O)CCc1cccc(Nc2ncc(-c3ccc(C(F)(F)F)cc3)o2)c1C. The van der Waals surface area contributed by atoms with E-state index in [0.717, 1.165) is 28.9 Å². The number of aromatic nitrogens is 1. The molecule has 8 heteroatoms. The van der Waals surface area contributed by atoms with Gasteiger partial charge in [-0.25, -0.2) is 4.98 Å². The smallest absolute Gasteiger partial charge is 0.416 e. The highest BCUT2D eigenvalue weighted by Gasteiger charge is 2.30. The molecule has 0 aliphatic rings. The first-order valence-electron chi connectivity index (χ1n) is 9.42. The minimum Gasteiger partial charge on any atom is -0.466 e. The lowest BCUT2D eigenvalue weighted by molar-refractivity contribution is -0.143. The van der Waals surface area contributed by atoms with Gasteiger partial charge in [0.1, 0.15) is 0 Å². The van der Waals surface area contributed by atoms with Crippen molar-refractivity contribution in [1.82, 2.24) is 4.98 Å². The van der Waals surface area contributed by atoms with E-state index >= 15 is 0 Å². The number of ether oxygens (including phenoxy) is 1. The number of alkyl halides is 3. The van der Waals surface area contributed by atoms with Gasteiger partial charge in [-0.05, 0) is 49.6 Å². The maximum atomic E-state index is 12.7. The molecule has 3 rings (SSSR count). The van der Waals surface area contributed by atoms with Crippen LogP contribution in [0.5, 0.6) is 0 Å². The Hall–Kier alpha value is -3.29. The quantitative estimate of drug-likeness (QED) is 0.484. The molecule has 0 amide bonds. The van der Waals surface area contributed by atoms with Crippen molar-refractivity contribution >= 4 is 17.7 Å². The molecule has 0 bridgehead atoms. The fourth-order valence-electron chi connectivity index (χ4n) is 2.96. The molecule has 0 atom stereocenters. The zero-order valence-electron chi connectivity index (χ0n) is 16.5. The molecule has 1 aromatic heterocycles. The van der Waals surface area contributed by atoms with Crippen LogP contribution < -0.4 is 5.32 Å². The third-order valence-corrected chi connectivity index (χ3v) is 4.59. The molecule has 3 aromatic rings. The molecular weight excluding hydrogens is 397 g/mol. The summed E-state index contributed by atoms with van der Waals surface area (Å²) < 4.78 is 48.7. The van der Waals surface area contributed by atoms with Gasteiger partial charge in [0.05, 0.1) is 18.4 Å². The number of halogens is 3. The number of oxazole rings is 1. The maximum Gasteiger partial charge on any atom is 0.416 e. The number of hydrogen-bond donors (Lipinski definition) is 1. The van der Waals surface area contributed by atoms with Crippen LogP contribution in [0, 0.1) is 6.92 Å². The van der Waals surface area contributed by atoms with E-state index in [1.165, 1.54) is 18.3 Å². The number of rotatable bonds is 7. The first-order valence-corrected chi connectivity index (χ1v) is 9.42. The van der Waals surface area contributed by atoms with Gasteiger partial charge in [-0.15, -0.1) is 0 Å². The first kappa shape index (κ1) is 21.4. The van der Waals surface area contributed by atoms with Crippen LogP contribution in [0.15, 0.2) is 53.1 Å². The van der Waals surface area contributed by atoms with Crippen molar-refractivity contribution in [1.29, 1.82) is 0 Å². The lowest BCUT2D eigenvalue weighted by atomic mass is 10.0. The predicted molar refractivity (Wildman–Crippen MR) is 106 cm³/mol. The molecule has 0 radical (unpaired) electrons. The van der Waals surface area contributed by atoms with E-state index < -0.39 is 11.7 Å². The van der Waals surface area contributed by atoms with Gasteiger partial charge in [0.25, 0.3) is 6.01 Å². The van der Waals surface area contributed by atoms with Crippen LogP contribution in [-0.4, -0.2) is 17.6 Å². The predicted octanol–water partition coefficient (Wildman–Crippen LogP) is 5.91. The number of carbonyl (C=O) groups is 1. The van der Waals surface area contributed by atoms with Gasteiger partial charge < -0.3 is 14.5 Å². The normalized spacial score (nSPS) is 11.4. The summed E-state index contributed by atoms with van der Waals surface area (Å²) in [6.45, 7) is 4.04. The summed E-state index contributed by atoms with van der Waals surface area (Å²) in [6, 6.07) is 10.5. The summed E-state index contributed by atoms with van der Waals surface area (Å²) >= 11 is 0. The van der Waals surface area contributed by atoms with Gasteiger partial charge in [-0.3, -0.25) is 4.79 Å². The lowest BCUT2D eigenvalue weighted by Gasteiger charge is -2.11. The van der Waals surface area contributed by atoms with Gasteiger partial charge in [0.2, 0.25) is 0 Å². The van der Waals surface area contributed by atoms with Crippen LogP contribution in [0.4, 0.5) is 24.9 Å². The van der Waals surface area contributed by atoms with Gasteiger partial charge in [-0.2, -0.15) is 13.2 Å². The Balaban J connectivity index is 1.71. The number of esters is 1.